The monoisotopic (exact) mass is 360 g/mol. The summed E-state index contributed by atoms with van der Waals surface area (Å²) in [5.74, 6) is 0.423. The molecule has 112 valence electrons. The summed E-state index contributed by atoms with van der Waals surface area (Å²) in [5.41, 5.74) is 0.781. The predicted octanol–water partition coefficient (Wildman–Crippen LogP) is 2.33. The van der Waals surface area contributed by atoms with E-state index in [4.69, 9.17) is 0 Å². The first-order valence-electron chi connectivity index (χ1n) is 6.71. The Morgan fingerprint density at radius 2 is 2.15 bits per heavy atom. The molecular weight excluding hydrogens is 340 g/mol. The van der Waals surface area contributed by atoms with Gasteiger partial charge in [0.2, 0.25) is 10.0 Å². The van der Waals surface area contributed by atoms with Gasteiger partial charge >= 0.3 is 0 Å². The lowest BCUT2D eigenvalue weighted by atomic mass is 10.1. The van der Waals surface area contributed by atoms with Gasteiger partial charge in [0.05, 0.1) is 4.90 Å². The second-order valence-electron chi connectivity index (χ2n) is 5.61. The highest BCUT2D eigenvalue weighted by Gasteiger charge is 2.28. The molecule has 0 spiro atoms. The Morgan fingerprint density at radius 3 is 2.75 bits per heavy atom. The molecular formula is C14H21BrN2O2S. The molecule has 1 aliphatic rings. The SMILES string of the molecule is Cc1ccc(Br)cc1S(=O)(=O)N(C)CC1CCN(C)C1. The number of halogens is 1. The Balaban J connectivity index is 2.19. The molecule has 4 nitrogen and oxygen atoms in total. The molecule has 2 rings (SSSR count). The summed E-state index contributed by atoms with van der Waals surface area (Å²) in [6.07, 6.45) is 1.06. The number of aryl methyl sites for hydroxylation is 1. The lowest BCUT2D eigenvalue weighted by molar-refractivity contribution is 0.356. The Kier molecular flexibility index (Phi) is 4.89. The maximum atomic E-state index is 12.7. The van der Waals surface area contributed by atoms with Crippen molar-refractivity contribution in [3.05, 3.63) is 28.2 Å². The van der Waals surface area contributed by atoms with E-state index in [1.807, 2.05) is 19.1 Å². The van der Waals surface area contributed by atoms with Crippen LogP contribution in [0.25, 0.3) is 0 Å². The van der Waals surface area contributed by atoms with Crippen LogP contribution >= 0.6 is 15.9 Å². The molecule has 1 aliphatic heterocycles. The molecule has 1 fully saturated rings. The van der Waals surface area contributed by atoms with Gasteiger partial charge in [-0.1, -0.05) is 22.0 Å². The molecule has 1 saturated heterocycles. The number of benzene rings is 1. The lowest BCUT2D eigenvalue weighted by Gasteiger charge is -2.22. The maximum Gasteiger partial charge on any atom is 0.243 e. The van der Waals surface area contributed by atoms with Gasteiger partial charge in [-0.15, -0.1) is 0 Å². The minimum absolute atomic E-state index is 0.390. The Bertz CT molecular complexity index is 589. The van der Waals surface area contributed by atoms with Crippen LogP contribution in [0.4, 0.5) is 0 Å². The summed E-state index contributed by atoms with van der Waals surface area (Å²) in [7, 11) is 0.339. The zero-order valence-electron chi connectivity index (χ0n) is 12.1. The first-order chi connectivity index (χ1) is 9.30. The molecule has 0 aromatic heterocycles. The predicted molar refractivity (Wildman–Crippen MR) is 84.3 cm³/mol. The van der Waals surface area contributed by atoms with Gasteiger partial charge in [-0.05, 0) is 50.6 Å². The van der Waals surface area contributed by atoms with Gasteiger partial charge < -0.3 is 4.90 Å². The zero-order chi connectivity index (χ0) is 14.9. The van der Waals surface area contributed by atoms with Crippen LogP contribution in [-0.2, 0) is 10.0 Å². The van der Waals surface area contributed by atoms with Crippen LogP contribution in [0.15, 0.2) is 27.6 Å². The highest BCUT2D eigenvalue weighted by atomic mass is 79.9. The Labute approximate surface area is 129 Å². The second kappa shape index (κ2) is 6.13. The molecule has 0 aliphatic carbocycles. The highest BCUT2D eigenvalue weighted by Crippen LogP contribution is 2.25. The smallest absolute Gasteiger partial charge is 0.243 e. The maximum absolute atomic E-state index is 12.7. The van der Waals surface area contributed by atoms with Crippen molar-refractivity contribution in [2.24, 2.45) is 5.92 Å². The fourth-order valence-corrected chi connectivity index (χ4v) is 4.66. The van der Waals surface area contributed by atoms with Gasteiger partial charge in [0.1, 0.15) is 0 Å². The van der Waals surface area contributed by atoms with Gasteiger partial charge in [-0.25, -0.2) is 12.7 Å². The van der Waals surface area contributed by atoms with Crippen molar-refractivity contribution in [1.82, 2.24) is 9.21 Å². The number of hydrogen-bond acceptors (Lipinski definition) is 3. The van der Waals surface area contributed by atoms with Crippen LogP contribution in [-0.4, -0.2) is 51.4 Å². The van der Waals surface area contributed by atoms with E-state index in [1.165, 1.54) is 4.31 Å². The van der Waals surface area contributed by atoms with Crippen LogP contribution in [0.2, 0.25) is 0 Å². The molecule has 1 aromatic rings. The minimum atomic E-state index is -3.41. The largest absolute Gasteiger partial charge is 0.306 e. The van der Waals surface area contributed by atoms with Crippen LogP contribution in [0.3, 0.4) is 0 Å². The zero-order valence-corrected chi connectivity index (χ0v) is 14.5. The van der Waals surface area contributed by atoms with Crippen LogP contribution in [0, 0.1) is 12.8 Å². The van der Waals surface area contributed by atoms with E-state index >= 15 is 0 Å². The van der Waals surface area contributed by atoms with Crippen LogP contribution < -0.4 is 0 Å². The summed E-state index contributed by atoms with van der Waals surface area (Å²) in [5, 5.41) is 0. The molecule has 6 heteroatoms. The number of sulfonamides is 1. The van der Waals surface area contributed by atoms with Crippen LogP contribution in [0.1, 0.15) is 12.0 Å². The lowest BCUT2D eigenvalue weighted by Crippen LogP contribution is -2.33. The average Bonchev–Trinajstić information content (AvgIpc) is 2.77. The van der Waals surface area contributed by atoms with E-state index in [1.54, 1.807) is 13.1 Å². The van der Waals surface area contributed by atoms with E-state index in [-0.39, 0.29) is 0 Å². The fraction of sp³-hybridized carbons (Fsp3) is 0.571. The third-order valence-corrected chi connectivity index (χ3v) is 6.30. The van der Waals surface area contributed by atoms with Gasteiger partial charge in [-0.2, -0.15) is 0 Å². The van der Waals surface area contributed by atoms with E-state index in [2.05, 4.69) is 27.9 Å². The molecule has 0 N–H and O–H groups in total. The molecule has 0 amide bonds. The summed E-state index contributed by atoms with van der Waals surface area (Å²) >= 11 is 3.34. The van der Waals surface area contributed by atoms with E-state index in [0.29, 0.717) is 17.4 Å². The standard InChI is InChI=1S/C14H21BrN2O2S/c1-11-4-5-13(15)8-14(11)20(18,19)17(3)10-12-6-7-16(2)9-12/h4-5,8,12H,6-7,9-10H2,1-3H3. The van der Waals surface area contributed by atoms with Crippen LogP contribution in [0.5, 0.6) is 0 Å². The number of hydrogen-bond donors (Lipinski definition) is 0. The van der Waals surface area contributed by atoms with Crippen molar-refractivity contribution in [3.63, 3.8) is 0 Å². The summed E-state index contributed by atoms with van der Waals surface area (Å²) < 4.78 is 27.6. The van der Waals surface area contributed by atoms with Crippen molar-refractivity contribution in [3.8, 4) is 0 Å². The quantitative estimate of drug-likeness (QED) is 0.827. The summed E-state index contributed by atoms with van der Waals surface area (Å²) in [4.78, 5) is 2.64. The number of likely N-dealkylation sites (tertiary alicyclic amines) is 1. The van der Waals surface area contributed by atoms with Crippen molar-refractivity contribution < 1.29 is 8.42 Å². The molecule has 1 aromatic carbocycles. The first kappa shape index (κ1) is 15.9. The molecule has 1 heterocycles. The first-order valence-corrected chi connectivity index (χ1v) is 8.95. The Hall–Kier alpha value is -0.430. The van der Waals surface area contributed by atoms with Crippen molar-refractivity contribution >= 4 is 26.0 Å². The van der Waals surface area contributed by atoms with Gasteiger partial charge in [-0.3, -0.25) is 0 Å². The topological polar surface area (TPSA) is 40.6 Å². The van der Waals surface area contributed by atoms with Gasteiger partial charge in [0.15, 0.2) is 0 Å². The molecule has 0 radical (unpaired) electrons. The highest BCUT2D eigenvalue weighted by molar-refractivity contribution is 9.10. The van der Waals surface area contributed by atoms with Gasteiger partial charge in [0, 0.05) is 24.6 Å². The summed E-state index contributed by atoms with van der Waals surface area (Å²) in [6.45, 7) is 4.43. The third-order valence-electron chi connectivity index (χ3n) is 3.84. The number of rotatable bonds is 4. The third kappa shape index (κ3) is 3.42. The van der Waals surface area contributed by atoms with Gasteiger partial charge in [0.25, 0.3) is 0 Å². The molecule has 1 atom stereocenters. The Morgan fingerprint density at radius 1 is 1.45 bits per heavy atom. The average molecular weight is 361 g/mol. The van der Waals surface area contributed by atoms with Crippen molar-refractivity contribution in [2.75, 3.05) is 33.7 Å². The van der Waals surface area contributed by atoms with Crippen molar-refractivity contribution in [1.29, 1.82) is 0 Å². The number of nitrogens with zero attached hydrogens (tertiary/aromatic N) is 2. The molecule has 0 saturated carbocycles. The van der Waals surface area contributed by atoms with E-state index in [0.717, 1.165) is 29.5 Å². The second-order valence-corrected chi connectivity index (χ2v) is 8.54. The summed E-state index contributed by atoms with van der Waals surface area (Å²) in [6, 6.07) is 5.37. The van der Waals surface area contributed by atoms with E-state index in [9.17, 15) is 8.42 Å². The molecule has 20 heavy (non-hydrogen) atoms. The normalized spacial score (nSPS) is 20.8. The van der Waals surface area contributed by atoms with Crippen molar-refractivity contribution in [2.45, 2.75) is 18.2 Å². The fourth-order valence-electron chi connectivity index (χ4n) is 2.66. The van der Waals surface area contributed by atoms with E-state index < -0.39 is 10.0 Å². The minimum Gasteiger partial charge on any atom is -0.306 e. The molecule has 1 unspecified atom stereocenters. The molecule has 0 bridgehead atoms.